The summed E-state index contributed by atoms with van der Waals surface area (Å²) in [4.78, 5) is 13.0. The van der Waals surface area contributed by atoms with Crippen molar-refractivity contribution in [2.24, 2.45) is 5.92 Å². The molecule has 2 aromatic carbocycles. The Balaban J connectivity index is 1.86. The Morgan fingerprint density at radius 3 is 2.37 bits per heavy atom. The van der Waals surface area contributed by atoms with Gasteiger partial charge in [0.05, 0.1) is 17.9 Å². The average Bonchev–Trinajstić information content (AvgIpc) is 3.00. The van der Waals surface area contributed by atoms with Crippen LogP contribution in [0.1, 0.15) is 36.5 Å². The van der Waals surface area contributed by atoms with Crippen molar-refractivity contribution in [3.8, 4) is 0 Å². The minimum atomic E-state index is -3.32. The second kappa shape index (κ2) is 7.35. The second-order valence-corrected chi connectivity index (χ2v) is 9.46. The minimum absolute atomic E-state index is 0.0855. The van der Waals surface area contributed by atoms with Crippen molar-refractivity contribution in [3.05, 3.63) is 59.2 Å². The Bertz CT molecular complexity index is 950. The Hall–Kier alpha value is -2.34. The summed E-state index contributed by atoms with van der Waals surface area (Å²) in [5, 5.41) is 2.98. The number of carbonyl (C=O) groups excluding carboxylic acids is 1. The fraction of sp³-hybridized carbons (Fsp3) is 0.381. The summed E-state index contributed by atoms with van der Waals surface area (Å²) in [6.07, 6.45) is 1.90. The van der Waals surface area contributed by atoms with Crippen molar-refractivity contribution in [3.63, 3.8) is 0 Å². The molecule has 1 heterocycles. The number of nitrogens with one attached hydrogen (secondary N) is 1. The molecule has 144 valence electrons. The van der Waals surface area contributed by atoms with Gasteiger partial charge in [-0.1, -0.05) is 49.7 Å². The van der Waals surface area contributed by atoms with Gasteiger partial charge in [0.15, 0.2) is 0 Å². The Morgan fingerprint density at radius 1 is 1.11 bits per heavy atom. The number of hydrogen-bond donors (Lipinski definition) is 1. The highest BCUT2D eigenvalue weighted by molar-refractivity contribution is 7.92. The lowest BCUT2D eigenvalue weighted by molar-refractivity contribution is -0.118. The zero-order chi connectivity index (χ0) is 19.8. The molecular weight excluding hydrogens is 360 g/mol. The molecule has 1 unspecified atom stereocenters. The third-order valence-corrected chi connectivity index (χ3v) is 6.17. The second-order valence-electron chi connectivity index (χ2n) is 7.55. The van der Waals surface area contributed by atoms with Crippen molar-refractivity contribution >= 4 is 27.3 Å². The summed E-state index contributed by atoms with van der Waals surface area (Å²) in [6.45, 7) is 6.52. The largest absolute Gasteiger partial charge is 0.325 e. The molecule has 0 fully saturated rings. The molecule has 0 spiro atoms. The molecule has 1 amide bonds. The SMILES string of the molecule is Cc1ccc(C(C(=O)Nc2ccc3c(c2)N(S(C)(=O)=O)CC3)C(C)C)cc1. The van der Waals surface area contributed by atoms with Crippen LogP contribution in [0.25, 0.3) is 0 Å². The summed E-state index contributed by atoms with van der Waals surface area (Å²) in [5.74, 6) is -0.225. The van der Waals surface area contributed by atoms with Gasteiger partial charge in [-0.2, -0.15) is 0 Å². The van der Waals surface area contributed by atoms with Crippen LogP contribution in [0.15, 0.2) is 42.5 Å². The molecule has 0 radical (unpaired) electrons. The number of sulfonamides is 1. The van der Waals surface area contributed by atoms with Crippen LogP contribution in [0.5, 0.6) is 0 Å². The number of amides is 1. The maximum Gasteiger partial charge on any atom is 0.232 e. The van der Waals surface area contributed by atoms with Gasteiger partial charge >= 0.3 is 0 Å². The number of anilines is 2. The average molecular weight is 387 g/mol. The molecular formula is C21H26N2O3S. The molecule has 2 aromatic rings. The van der Waals surface area contributed by atoms with E-state index in [1.54, 1.807) is 6.07 Å². The molecule has 27 heavy (non-hydrogen) atoms. The van der Waals surface area contributed by atoms with E-state index in [4.69, 9.17) is 0 Å². The minimum Gasteiger partial charge on any atom is -0.325 e. The molecule has 0 bridgehead atoms. The molecule has 0 aromatic heterocycles. The zero-order valence-corrected chi connectivity index (χ0v) is 17.0. The van der Waals surface area contributed by atoms with Crippen LogP contribution in [0.2, 0.25) is 0 Å². The summed E-state index contributed by atoms with van der Waals surface area (Å²) in [7, 11) is -3.32. The fourth-order valence-corrected chi connectivity index (χ4v) is 4.56. The topological polar surface area (TPSA) is 66.5 Å². The van der Waals surface area contributed by atoms with Crippen molar-refractivity contribution in [1.82, 2.24) is 0 Å². The fourth-order valence-electron chi connectivity index (χ4n) is 3.60. The van der Waals surface area contributed by atoms with Crippen LogP contribution in [0.3, 0.4) is 0 Å². The molecule has 0 saturated carbocycles. The van der Waals surface area contributed by atoms with Gasteiger partial charge in [-0.25, -0.2) is 8.42 Å². The van der Waals surface area contributed by atoms with E-state index in [1.807, 2.05) is 57.2 Å². The highest BCUT2D eigenvalue weighted by Gasteiger charge is 2.28. The van der Waals surface area contributed by atoms with Crippen LogP contribution >= 0.6 is 0 Å². The number of fused-ring (bicyclic) bond motifs is 1. The number of aryl methyl sites for hydroxylation is 1. The summed E-state index contributed by atoms with van der Waals surface area (Å²) >= 11 is 0. The van der Waals surface area contributed by atoms with E-state index in [9.17, 15) is 13.2 Å². The molecule has 3 rings (SSSR count). The molecule has 6 heteroatoms. The predicted molar refractivity (Wildman–Crippen MR) is 110 cm³/mol. The Kier molecular flexibility index (Phi) is 5.29. The highest BCUT2D eigenvalue weighted by atomic mass is 32.2. The lowest BCUT2D eigenvalue weighted by atomic mass is 9.87. The number of nitrogens with zero attached hydrogens (tertiary/aromatic N) is 1. The number of hydrogen-bond acceptors (Lipinski definition) is 3. The third-order valence-electron chi connectivity index (χ3n) is 4.99. The molecule has 1 atom stereocenters. The first-order valence-electron chi connectivity index (χ1n) is 9.15. The maximum absolute atomic E-state index is 13.0. The monoisotopic (exact) mass is 386 g/mol. The number of rotatable bonds is 5. The van der Waals surface area contributed by atoms with Gasteiger partial charge in [0.25, 0.3) is 0 Å². The van der Waals surface area contributed by atoms with Crippen molar-refractivity contribution in [1.29, 1.82) is 0 Å². The number of benzene rings is 2. The standard InChI is InChI=1S/C21H26N2O3S/c1-14(2)20(17-7-5-15(3)6-8-17)21(24)22-18-10-9-16-11-12-23(19(16)13-18)27(4,25)26/h5-10,13-14,20H,11-12H2,1-4H3,(H,22,24). The highest BCUT2D eigenvalue weighted by Crippen LogP contribution is 2.33. The first-order chi connectivity index (χ1) is 12.7. The van der Waals surface area contributed by atoms with Crippen molar-refractivity contribution < 1.29 is 13.2 Å². The normalized spacial score (nSPS) is 14.9. The molecule has 1 aliphatic rings. The van der Waals surface area contributed by atoms with E-state index in [-0.39, 0.29) is 17.7 Å². The molecule has 5 nitrogen and oxygen atoms in total. The lowest BCUT2D eigenvalue weighted by Crippen LogP contribution is -2.28. The van der Waals surface area contributed by atoms with Crippen LogP contribution in [-0.4, -0.2) is 27.1 Å². The van der Waals surface area contributed by atoms with E-state index in [1.165, 1.54) is 10.6 Å². The smallest absolute Gasteiger partial charge is 0.232 e. The van der Waals surface area contributed by atoms with E-state index < -0.39 is 10.0 Å². The summed E-state index contributed by atoms with van der Waals surface area (Å²) < 4.78 is 25.4. The quantitative estimate of drug-likeness (QED) is 0.852. The van der Waals surface area contributed by atoms with E-state index >= 15 is 0 Å². The van der Waals surface area contributed by atoms with Gasteiger partial charge in [0, 0.05) is 12.2 Å². The third kappa shape index (κ3) is 4.16. The van der Waals surface area contributed by atoms with Crippen molar-refractivity contribution in [2.45, 2.75) is 33.1 Å². The molecule has 0 saturated heterocycles. The molecule has 1 N–H and O–H groups in total. The van der Waals surface area contributed by atoms with E-state index in [0.29, 0.717) is 24.3 Å². The Labute approximate surface area is 161 Å². The van der Waals surface area contributed by atoms with Crippen LogP contribution < -0.4 is 9.62 Å². The summed E-state index contributed by atoms with van der Waals surface area (Å²) in [5.41, 5.74) is 4.39. The molecule has 0 aliphatic carbocycles. The van der Waals surface area contributed by atoms with Crippen LogP contribution in [0.4, 0.5) is 11.4 Å². The van der Waals surface area contributed by atoms with Gasteiger partial charge in [-0.3, -0.25) is 9.10 Å². The zero-order valence-electron chi connectivity index (χ0n) is 16.2. The van der Waals surface area contributed by atoms with E-state index in [0.717, 1.165) is 16.7 Å². The predicted octanol–water partition coefficient (Wildman–Crippen LogP) is 3.70. The Morgan fingerprint density at radius 2 is 1.78 bits per heavy atom. The molecule has 1 aliphatic heterocycles. The van der Waals surface area contributed by atoms with Crippen LogP contribution in [-0.2, 0) is 21.2 Å². The first-order valence-corrected chi connectivity index (χ1v) is 11.0. The summed E-state index contributed by atoms with van der Waals surface area (Å²) in [6, 6.07) is 13.5. The van der Waals surface area contributed by atoms with Gasteiger partial charge in [0.1, 0.15) is 0 Å². The van der Waals surface area contributed by atoms with Crippen LogP contribution in [0, 0.1) is 12.8 Å². The lowest BCUT2D eigenvalue weighted by Gasteiger charge is -2.22. The van der Waals surface area contributed by atoms with Gasteiger partial charge in [-0.05, 0) is 42.5 Å². The van der Waals surface area contributed by atoms with Gasteiger partial charge in [0.2, 0.25) is 15.9 Å². The van der Waals surface area contributed by atoms with Gasteiger partial charge < -0.3 is 5.32 Å². The maximum atomic E-state index is 13.0. The number of carbonyl (C=O) groups is 1. The van der Waals surface area contributed by atoms with E-state index in [2.05, 4.69) is 5.32 Å². The van der Waals surface area contributed by atoms with Crippen molar-refractivity contribution in [2.75, 3.05) is 22.4 Å². The first kappa shape index (κ1) is 19.4. The van der Waals surface area contributed by atoms with Gasteiger partial charge in [-0.15, -0.1) is 0 Å².